The fourth-order valence-electron chi connectivity index (χ4n) is 1.73. The lowest BCUT2D eigenvalue weighted by Gasteiger charge is -2.13. The van der Waals surface area contributed by atoms with Gasteiger partial charge in [0.05, 0.1) is 7.11 Å². The van der Waals surface area contributed by atoms with E-state index in [1.807, 2.05) is 0 Å². The minimum absolute atomic E-state index is 0.0877. The van der Waals surface area contributed by atoms with Gasteiger partial charge in [0, 0.05) is 12.1 Å². The molecule has 25 heavy (non-hydrogen) atoms. The average molecular weight is 352 g/mol. The molecule has 0 aliphatic heterocycles. The second kappa shape index (κ2) is 9.41. The number of benzene rings is 1. The molecule has 0 fully saturated rings. The van der Waals surface area contributed by atoms with E-state index in [4.69, 9.17) is 9.47 Å². The smallest absolute Gasteiger partial charge is 0.331 e. The Balaban J connectivity index is 2.56. The van der Waals surface area contributed by atoms with Crippen LogP contribution in [-0.4, -0.2) is 37.2 Å². The molecule has 0 aliphatic carbocycles. The molecule has 1 aromatic carbocycles. The average Bonchev–Trinajstić information content (AvgIpc) is 2.52. The summed E-state index contributed by atoms with van der Waals surface area (Å²) in [4.78, 5) is 34.8. The van der Waals surface area contributed by atoms with Crippen molar-refractivity contribution >= 4 is 24.0 Å². The van der Waals surface area contributed by atoms with Crippen molar-refractivity contribution in [3.63, 3.8) is 0 Å². The highest BCUT2D eigenvalue weighted by atomic mass is 19.1. The Morgan fingerprint density at radius 2 is 1.88 bits per heavy atom. The largest absolute Gasteiger partial charge is 0.494 e. The van der Waals surface area contributed by atoms with Crippen LogP contribution in [0.25, 0.3) is 6.08 Å². The number of imide groups is 1. The summed E-state index contributed by atoms with van der Waals surface area (Å²) in [5, 5.41) is 4.53. The number of methoxy groups -OCH3 is 1. The first-order valence-electron chi connectivity index (χ1n) is 7.56. The Labute approximate surface area is 145 Å². The van der Waals surface area contributed by atoms with Crippen LogP contribution in [0.3, 0.4) is 0 Å². The van der Waals surface area contributed by atoms with Gasteiger partial charge in [0.1, 0.15) is 0 Å². The van der Waals surface area contributed by atoms with Gasteiger partial charge < -0.3 is 14.8 Å². The maximum absolute atomic E-state index is 13.5. The number of carbonyl (C=O) groups excluding carboxylic acids is 3. The number of amides is 3. The molecule has 0 saturated carbocycles. The normalized spacial score (nSPS) is 11.9. The van der Waals surface area contributed by atoms with Gasteiger partial charge in [-0.1, -0.05) is 6.07 Å². The quantitative estimate of drug-likeness (QED) is 0.603. The van der Waals surface area contributed by atoms with Crippen LogP contribution in [0.2, 0.25) is 0 Å². The first kappa shape index (κ1) is 20.1. The lowest BCUT2D eigenvalue weighted by Crippen LogP contribution is -2.46. The van der Waals surface area contributed by atoms with Crippen molar-refractivity contribution in [3.8, 4) is 5.75 Å². The minimum Gasteiger partial charge on any atom is -0.494 e. The van der Waals surface area contributed by atoms with Crippen LogP contribution < -0.4 is 15.4 Å². The standard InChI is InChI=1S/C17H21FN2O5/c1-10(2)19-17(23)20-16(22)11(3)25-15(21)8-6-12-5-7-14(24-4)13(18)9-12/h5-11H,1-4H3,(H2,19,20,22,23)/b8-6+/t11-/m1/s1. The molecule has 0 aliphatic rings. The summed E-state index contributed by atoms with van der Waals surface area (Å²) in [6.45, 7) is 4.80. The van der Waals surface area contributed by atoms with E-state index in [0.717, 1.165) is 6.08 Å². The highest BCUT2D eigenvalue weighted by Gasteiger charge is 2.19. The number of carbonyl (C=O) groups is 3. The van der Waals surface area contributed by atoms with Gasteiger partial charge in [-0.3, -0.25) is 10.1 Å². The van der Waals surface area contributed by atoms with Crippen molar-refractivity contribution in [1.82, 2.24) is 10.6 Å². The van der Waals surface area contributed by atoms with E-state index in [1.54, 1.807) is 19.9 Å². The van der Waals surface area contributed by atoms with Gasteiger partial charge >= 0.3 is 12.0 Å². The molecule has 0 heterocycles. The lowest BCUT2D eigenvalue weighted by atomic mass is 10.2. The van der Waals surface area contributed by atoms with Gasteiger partial charge in [0.15, 0.2) is 17.7 Å². The maximum Gasteiger partial charge on any atom is 0.331 e. The molecule has 1 aromatic rings. The SMILES string of the molecule is COc1ccc(/C=C/C(=O)O[C@H](C)C(=O)NC(=O)NC(C)C)cc1F. The van der Waals surface area contributed by atoms with E-state index >= 15 is 0 Å². The van der Waals surface area contributed by atoms with E-state index in [0.29, 0.717) is 5.56 Å². The summed E-state index contributed by atoms with van der Waals surface area (Å²) >= 11 is 0. The molecule has 0 aromatic heterocycles. The third-order valence-corrected chi connectivity index (χ3v) is 2.91. The predicted octanol–water partition coefficient (Wildman–Crippen LogP) is 2.01. The monoisotopic (exact) mass is 352 g/mol. The Morgan fingerprint density at radius 1 is 1.20 bits per heavy atom. The zero-order valence-electron chi connectivity index (χ0n) is 14.5. The molecule has 8 heteroatoms. The van der Waals surface area contributed by atoms with Crippen LogP contribution in [0.5, 0.6) is 5.75 Å². The number of ether oxygens (including phenoxy) is 2. The third-order valence-electron chi connectivity index (χ3n) is 2.91. The number of urea groups is 1. The van der Waals surface area contributed by atoms with Gasteiger partial charge in [-0.05, 0) is 44.5 Å². The topological polar surface area (TPSA) is 93.7 Å². The van der Waals surface area contributed by atoms with Crippen LogP contribution >= 0.6 is 0 Å². The molecular weight excluding hydrogens is 331 g/mol. The molecular formula is C17H21FN2O5. The number of hydrogen-bond donors (Lipinski definition) is 2. The van der Waals surface area contributed by atoms with Gasteiger partial charge in [0.2, 0.25) is 0 Å². The Morgan fingerprint density at radius 3 is 2.44 bits per heavy atom. The van der Waals surface area contributed by atoms with Crippen LogP contribution in [0, 0.1) is 5.82 Å². The molecule has 2 N–H and O–H groups in total. The van der Waals surface area contributed by atoms with Crippen molar-refractivity contribution in [2.75, 3.05) is 7.11 Å². The molecule has 0 radical (unpaired) electrons. The van der Waals surface area contributed by atoms with Crippen molar-refractivity contribution in [2.24, 2.45) is 0 Å². The molecule has 3 amide bonds. The number of nitrogens with one attached hydrogen (secondary N) is 2. The molecule has 1 atom stereocenters. The summed E-state index contributed by atoms with van der Waals surface area (Å²) in [5.41, 5.74) is 0.420. The minimum atomic E-state index is -1.16. The Hall–Kier alpha value is -2.90. The number of rotatable bonds is 6. The second-order valence-corrected chi connectivity index (χ2v) is 5.42. The van der Waals surface area contributed by atoms with E-state index in [9.17, 15) is 18.8 Å². The van der Waals surface area contributed by atoms with Crippen LogP contribution in [0.4, 0.5) is 9.18 Å². The van der Waals surface area contributed by atoms with Crippen molar-refractivity contribution in [3.05, 3.63) is 35.7 Å². The van der Waals surface area contributed by atoms with E-state index < -0.39 is 29.8 Å². The number of esters is 1. The van der Waals surface area contributed by atoms with Gasteiger partial charge in [-0.25, -0.2) is 14.0 Å². The summed E-state index contributed by atoms with van der Waals surface area (Å²) in [6.07, 6.45) is 1.22. The summed E-state index contributed by atoms with van der Waals surface area (Å²) in [7, 11) is 1.35. The van der Waals surface area contributed by atoms with Gasteiger partial charge in [0.25, 0.3) is 5.91 Å². The molecule has 0 unspecified atom stereocenters. The van der Waals surface area contributed by atoms with E-state index in [2.05, 4.69) is 10.6 Å². The molecule has 136 valence electrons. The van der Waals surface area contributed by atoms with Gasteiger partial charge in [-0.2, -0.15) is 0 Å². The highest BCUT2D eigenvalue weighted by molar-refractivity contribution is 5.98. The molecule has 0 spiro atoms. The lowest BCUT2D eigenvalue weighted by molar-refractivity contribution is -0.149. The van der Waals surface area contributed by atoms with Crippen LogP contribution in [-0.2, 0) is 14.3 Å². The Kier molecular flexibility index (Phi) is 7.58. The molecule has 7 nitrogen and oxygen atoms in total. The maximum atomic E-state index is 13.5. The fourth-order valence-corrected chi connectivity index (χ4v) is 1.73. The van der Waals surface area contributed by atoms with Crippen molar-refractivity contribution < 1.29 is 28.2 Å². The summed E-state index contributed by atoms with van der Waals surface area (Å²) in [6, 6.07) is 3.35. The van der Waals surface area contributed by atoms with E-state index in [1.165, 1.54) is 32.2 Å². The zero-order chi connectivity index (χ0) is 19.0. The molecule has 0 bridgehead atoms. The zero-order valence-corrected chi connectivity index (χ0v) is 14.5. The second-order valence-electron chi connectivity index (χ2n) is 5.42. The van der Waals surface area contributed by atoms with Crippen molar-refractivity contribution in [2.45, 2.75) is 32.9 Å². The number of halogens is 1. The summed E-state index contributed by atoms with van der Waals surface area (Å²) in [5.74, 6) is -2.04. The van der Waals surface area contributed by atoms with Crippen molar-refractivity contribution in [1.29, 1.82) is 0 Å². The predicted molar refractivity (Wildman–Crippen MR) is 89.4 cm³/mol. The number of hydrogen-bond acceptors (Lipinski definition) is 5. The third kappa shape index (κ3) is 7.03. The first-order chi connectivity index (χ1) is 11.7. The molecule has 1 rings (SSSR count). The van der Waals surface area contributed by atoms with Gasteiger partial charge in [-0.15, -0.1) is 0 Å². The van der Waals surface area contributed by atoms with E-state index in [-0.39, 0.29) is 11.8 Å². The van der Waals surface area contributed by atoms with Crippen LogP contribution in [0.15, 0.2) is 24.3 Å². The summed E-state index contributed by atoms with van der Waals surface area (Å²) < 4.78 is 23.2. The first-order valence-corrected chi connectivity index (χ1v) is 7.56. The highest BCUT2D eigenvalue weighted by Crippen LogP contribution is 2.18. The van der Waals surface area contributed by atoms with Crippen LogP contribution in [0.1, 0.15) is 26.3 Å². The molecule has 0 saturated heterocycles. The Bertz CT molecular complexity index is 673. The fraction of sp³-hybridized carbons (Fsp3) is 0.353.